The molecule has 4 rings (SSSR count). The number of nitrogens with zero attached hydrogens (tertiary/aromatic N) is 4. The Morgan fingerprint density at radius 2 is 1.91 bits per heavy atom. The number of nitrogens with one attached hydrogen (secondary N) is 1. The SMILES string of the molecule is C=C(/N=C\C(=C/N)N1C[C@]2(CC[C@](c3ccccc3)(N(C)C)CC2)NC1O)c1cccc(C#N)c1. The van der Waals surface area contributed by atoms with Crippen LogP contribution in [0.5, 0.6) is 0 Å². The number of nitrogens with two attached hydrogens (primary N) is 1. The standard InChI is InChI=1S/C28H34N6O/c1-21(23-9-7-8-22(16-23)17-29)31-19-25(18-30)34-20-27(32-26(34)35)12-14-28(15-13-27,33(2)3)24-10-5-4-6-11-24/h4-11,16,18-19,26,32,35H,1,12-15,20,30H2,2-3H3/b25-18+,31-19-/t26?,27-,28+. The second-order valence-corrected chi connectivity index (χ2v) is 9.71. The minimum atomic E-state index is -0.852. The van der Waals surface area contributed by atoms with Gasteiger partial charge in [-0.25, -0.2) is 0 Å². The summed E-state index contributed by atoms with van der Waals surface area (Å²) in [6.07, 6.45) is 6.06. The van der Waals surface area contributed by atoms with Crippen molar-refractivity contribution in [2.75, 3.05) is 20.6 Å². The van der Waals surface area contributed by atoms with E-state index in [0.29, 0.717) is 23.5 Å². The Morgan fingerprint density at radius 1 is 1.20 bits per heavy atom. The second-order valence-electron chi connectivity index (χ2n) is 9.71. The molecule has 0 amide bonds. The molecule has 1 saturated heterocycles. The molecule has 2 aliphatic rings. The topological polar surface area (TPSA) is 101 Å². The van der Waals surface area contributed by atoms with Crippen molar-refractivity contribution in [3.63, 3.8) is 0 Å². The summed E-state index contributed by atoms with van der Waals surface area (Å²) in [5, 5.41) is 23.5. The van der Waals surface area contributed by atoms with Gasteiger partial charge in [0.15, 0.2) is 6.35 Å². The molecule has 2 aromatic rings. The molecule has 1 atom stereocenters. The van der Waals surface area contributed by atoms with E-state index in [2.05, 4.69) is 72.3 Å². The Kier molecular flexibility index (Phi) is 7.08. The molecular weight excluding hydrogens is 436 g/mol. The lowest BCUT2D eigenvalue weighted by Crippen LogP contribution is -2.54. The van der Waals surface area contributed by atoms with E-state index < -0.39 is 6.35 Å². The molecule has 2 aromatic carbocycles. The molecule has 1 aliphatic carbocycles. The van der Waals surface area contributed by atoms with Crippen LogP contribution in [0.4, 0.5) is 0 Å². The van der Waals surface area contributed by atoms with Crippen molar-refractivity contribution in [2.45, 2.75) is 43.1 Å². The molecule has 1 aliphatic heterocycles. The van der Waals surface area contributed by atoms with Crippen molar-refractivity contribution in [3.8, 4) is 6.07 Å². The molecule has 7 heteroatoms. The van der Waals surface area contributed by atoms with E-state index in [0.717, 1.165) is 31.2 Å². The second kappa shape index (κ2) is 10.0. The highest BCUT2D eigenvalue weighted by Gasteiger charge is 2.50. The molecule has 2 fully saturated rings. The van der Waals surface area contributed by atoms with Gasteiger partial charge in [0.05, 0.1) is 29.2 Å². The number of rotatable bonds is 6. The van der Waals surface area contributed by atoms with E-state index in [1.807, 2.05) is 11.0 Å². The van der Waals surface area contributed by atoms with Crippen LogP contribution in [0.15, 0.2) is 78.1 Å². The van der Waals surface area contributed by atoms with Crippen LogP contribution in [0, 0.1) is 11.3 Å². The van der Waals surface area contributed by atoms with Gasteiger partial charge in [0.2, 0.25) is 0 Å². The molecular formula is C28H34N6O. The maximum Gasteiger partial charge on any atom is 0.184 e. The first kappa shape index (κ1) is 24.7. The number of benzene rings is 2. The average molecular weight is 471 g/mol. The average Bonchev–Trinajstić information content (AvgIpc) is 3.20. The van der Waals surface area contributed by atoms with Crippen molar-refractivity contribution in [1.82, 2.24) is 15.1 Å². The fraction of sp³-hybridized carbons (Fsp3) is 0.357. The maximum absolute atomic E-state index is 10.9. The van der Waals surface area contributed by atoms with Crippen molar-refractivity contribution in [3.05, 3.63) is 89.8 Å². The van der Waals surface area contributed by atoms with E-state index in [1.54, 1.807) is 24.4 Å². The molecule has 1 unspecified atom stereocenters. The van der Waals surface area contributed by atoms with E-state index in [-0.39, 0.29) is 11.1 Å². The van der Waals surface area contributed by atoms with Crippen LogP contribution in [0.1, 0.15) is 42.4 Å². The highest BCUT2D eigenvalue weighted by molar-refractivity contribution is 5.83. The van der Waals surface area contributed by atoms with Gasteiger partial charge in [-0.1, -0.05) is 49.0 Å². The summed E-state index contributed by atoms with van der Waals surface area (Å²) < 4.78 is 0. The zero-order chi connectivity index (χ0) is 25.1. The van der Waals surface area contributed by atoms with Gasteiger partial charge in [-0.15, -0.1) is 0 Å². The molecule has 1 spiro atoms. The third-order valence-electron chi connectivity index (χ3n) is 7.58. The summed E-state index contributed by atoms with van der Waals surface area (Å²) >= 11 is 0. The molecule has 7 nitrogen and oxygen atoms in total. The van der Waals surface area contributed by atoms with E-state index in [1.165, 1.54) is 11.8 Å². The smallest absolute Gasteiger partial charge is 0.184 e. The number of hydrogen-bond acceptors (Lipinski definition) is 7. The summed E-state index contributed by atoms with van der Waals surface area (Å²) in [5.41, 5.74) is 9.52. The Labute approximate surface area is 207 Å². The summed E-state index contributed by atoms with van der Waals surface area (Å²) in [4.78, 5) is 8.67. The highest BCUT2D eigenvalue weighted by Crippen LogP contribution is 2.46. The Balaban J connectivity index is 1.47. The number of aliphatic hydroxyl groups is 1. The minimum absolute atomic E-state index is 0.0176. The molecule has 0 bridgehead atoms. The third-order valence-corrected chi connectivity index (χ3v) is 7.58. The molecule has 35 heavy (non-hydrogen) atoms. The van der Waals surface area contributed by atoms with E-state index in [9.17, 15) is 5.11 Å². The normalized spacial score (nSPS) is 27.0. The molecule has 1 heterocycles. The lowest BCUT2D eigenvalue weighted by atomic mass is 9.69. The van der Waals surface area contributed by atoms with Crippen LogP contribution < -0.4 is 11.1 Å². The Bertz CT molecular complexity index is 1160. The van der Waals surface area contributed by atoms with E-state index >= 15 is 0 Å². The highest BCUT2D eigenvalue weighted by atomic mass is 16.3. The monoisotopic (exact) mass is 470 g/mol. The lowest BCUT2D eigenvalue weighted by molar-refractivity contribution is 0.0347. The molecule has 4 N–H and O–H groups in total. The summed E-state index contributed by atoms with van der Waals surface area (Å²) in [6, 6.07) is 20.0. The molecule has 182 valence electrons. The predicted molar refractivity (Wildman–Crippen MR) is 140 cm³/mol. The predicted octanol–water partition coefficient (Wildman–Crippen LogP) is 3.35. The van der Waals surface area contributed by atoms with Gasteiger partial charge in [0.1, 0.15) is 0 Å². The first-order valence-corrected chi connectivity index (χ1v) is 11.9. The van der Waals surface area contributed by atoms with Crippen LogP contribution in [0.3, 0.4) is 0 Å². The van der Waals surface area contributed by atoms with Crippen LogP contribution >= 0.6 is 0 Å². The van der Waals surface area contributed by atoms with Crippen LogP contribution in [0.2, 0.25) is 0 Å². The largest absolute Gasteiger partial charge is 0.403 e. The number of allylic oxidation sites excluding steroid dienone is 1. The lowest BCUT2D eigenvalue weighted by Gasteiger charge is -2.49. The Hall–Kier alpha value is -3.44. The number of hydrogen-bond donors (Lipinski definition) is 3. The van der Waals surface area contributed by atoms with Gasteiger partial charge < -0.3 is 15.7 Å². The molecule has 0 aromatic heterocycles. The van der Waals surface area contributed by atoms with Crippen molar-refractivity contribution >= 4 is 11.9 Å². The quantitative estimate of drug-likeness (QED) is 0.560. The van der Waals surface area contributed by atoms with Crippen molar-refractivity contribution < 1.29 is 5.11 Å². The zero-order valence-corrected chi connectivity index (χ0v) is 20.5. The first-order chi connectivity index (χ1) is 16.8. The van der Waals surface area contributed by atoms with Crippen LogP contribution in [0.25, 0.3) is 5.70 Å². The zero-order valence-electron chi connectivity index (χ0n) is 20.5. The maximum atomic E-state index is 10.9. The summed E-state index contributed by atoms with van der Waals surface area (Å²) in [5.74, 6) is 0. The van der Waals surface area contributed by atoms with E-state index in [4.69, 9.17) is 11.0 Å². The Morgan fingerprint density at radius 3 is 2.54 bits per heavy atom. The van der Waals surface area contributed by atoms with Gasteiger partial charge in [0, 0.05) is 29.4 Å². The number of aliphatic hydroxyl groups excluding tert-OH is 1. The first-order valence-electron chi connectivity index (χ1n) is 11.9. The fourth-order valence-electron chi connectivity index (χ4n) is 5.43. The van der Waals surface area contributed by atoms with Gasteiger partial charge in [-0.3, -0.25) is 15.2 Å². The number of aliphatic imine (C=N–C) groups is 1. The van der Waals surface area contributed by atoms with Crippen LogP contribution in [-0.2, 0) is 5.54 Å². The summed E-state index contributed by atoms with van der Waals surface area (Å²) in [6.45, 7) is 4.66. The van der Waals surface area contributed by atoms with Gasteiger partial charge >= 0.3 is 0 Å². The fourth-order valence-corrected chi connectivity index (χ4v) is 5.43. The minimum Gasteiger partial charge on any atom is -0.403 e. The van der Waals surface area contributed by atoms with Gasteiger partial charge in [-0.05, 0) is 57.5 Å². The third kappa shape index (κ3) is 4.87. The molecule has 0 radical (unpaired) electrons. The summed E-state index contributed by atoms with van der Waals surface area (Å²) in [7, 11) is 4.30. The van der Waals surface area contributed by atoms with Gasteiger partial charge in [-0.2, -0.15) is 5.26 Å². The van der Waals surface area contributed by atoms with Crippen molar-refractivity contribution in [1.29, 1.82) is 5.26 Å². The number of nitriles is 1. The van der Waals surface area contributed by atoms with Crippen LogP contribution in [-0.4, -0.2) is 53.7 Å². The van der Waals surface area contributed by atoms with Crippen molar-refractivity contribution in [2.24, 2.45) is 10.7 Å². The van der Waals surface area contributed by atoms with Gasteiger partial charge in [0.25, 0.3) is 0 Å². The molecule has 1 saturated carbocycles.